The molecule has 2 unspecified atom stereocenters. The van der Waals surface area contributed by atoms with Gasteiger partial charge >= 0.3 is 6.18 Å². The summed E-state index contributed by atoms with van der Waals surface area (Å²) in [6.07, 6.45) is -1.08. The van der Waals surface area contributed by atoms with Crippen LogP contribution in [0.15, 0.2) is 12.3 Å². The Bertz CT molecular complexity index is 556. The molecule has 1 aromatic heterocycles. The molecule has 1 aliphatic rings. The predicted octanol–water partition coefficient (Wildman–Crippen LogP) is 2.90. The van der Waals surface area contributed by atoms with Crippen molar-refractivity contribution in [1.82, 2.24) is 20.4 Å². The second-order valence-electron chi connectivity index (χ2n) is 7.51. The molecule has 2 heterocycles. The van der Waals surface area contributed by atoms with E-state index in [-0.39, 0.29) is 18.2 Å². The highest BCUT2D eigenvalue weighted by molar-refractivity contribution is 5.92. The van der Waals surface area contributed by atoms with Crippen LogP contribution >= 0.6 is 0 Å². The van der Waals surface area contributed by atoms with Gasteiger partial charge in [-0.3, -0.25) is 9.48 Å². The lowest BCUT2D eigenvalue weighted by molar-refractivity contribution is -0.159. The Balaban J connectivity index is 2.05. The number of rotatable bonds is 4. The molecule has 0 spiro atoms. The number of amides is 1. The average molecular weight is 346 g/mol. The Morgan fingerprint density at radius 3 is 2.71 bits per heavy atom. The summed E-state index contributed by atoms with van der Waals surface area (Å²) in [6.45, 7) is 6.83. The molecular weight excluding hydrogens is 321 g/mol. The number of hydrogen-bond donors (Lipinski definition) is 2. The molecule has 8 heteroatoms. The molecule has 0 saturated carbocycles. The van der Waals surface area contributed by atoms with Crippen LogP contribution in [0.2, 0.25) is 0 Å². The molecule has 1 aromatic rings. The first-order valence-electron chi connectivity index (χ1n) is 8.20. The summed E-state index contributed by atoms with van der Waals surface area (Å²) in [5.41, 5.74) is -0.538. The van der Waals surface area contributed by atoms with Crippen LogP contribution < -0.4 is 10.6 Å². The summed E-state index contributed by atoms with van der Waals surface area (Å²) >= 11 is 0. The SMILES string of the molecule is CC(C)(C)CC(NC(=O)c1ccn(C2CCCNC2)n1)C(F)(F)F. The third-order valence-electron chi connectivity index (χ3n) is 4.00. The van der Waals surface area contributed by atoms with Crippen LogP contribution in [0.4, 0.5) is 13.2 Å². The maximum atomic E-state index is 13.2. The number of hydrogen-bond acceptors (Lipinski definition) is 3. The van der Waals surface area contributed by atoms with E-state index in [9.17, 15) is 18.0 Å². The fourth-order valence-electron chi connectivity index (χ4n) is 2.81. The van der Waals surface area contributed by atoms with Gasteiger partial charge in [-0.25, -0.2) is 0 Å². The molecule has 0 aromatic carbocycles. The Morgan fingerprint density at radius 1 is 1.46 bits per heavy atom. The number of nitrogens with one attached hydrogen (secondary N) is 2. The summed E-state index contributed by atoms with van der Waals surface area (Å²) in [4.78, 5) is 12.2. The van der Waals surface area contributed by atoms with Crippen LogP contribution in [-0.4, -0.2) is 41.0 Å². The van der Waals surface area contributed by atoms with E-state index in [1.807, 2.05) is 0 Å². The van der Waals surface area contributed by atoms with Crippen molar-refractivity contribution < 1.29 is 18.0 Å². The van der Waals surface area contributed by atoms with Gasteiger partial charge in [0, 0.05) is 12.7 Å². The minimum Gasteiger partial charge on any atom is -0.339 e. The minimum atomic E-state index is -4.49. The van der Waals surface area contributed by atoms with E-state index in [0.717, 1.165) is 25.9 Å². The second-order valence-corrected chi connectivity index (χ2v) is 7.51. The summed E-state index contributed by atoms with van der Waals surface area (Å²) < 4.78 is 41.2. The largest absolute Gasteiger partial charge is 0.408 e. The molecule has 0 aliphatic carbocycles. The Morgan fingerprint density at radius 2 is 2.17 bits per heavy atom. The van der Waals surface area contributed by atoms with E-state index in [0.29, 0.717) is 0 Å². The summed E-state index contributed by atoms with van der Waals surface area (Å²) in [5, 5.41) is 9.49. The highest BCUT2D eigenvalue weighted by Crippen LogP contribution is 2.30. The van der Waals surface area contributed by atoms with Gasteiger partial charge in [-0.05, 0) is 37.3 Å². The van der Waals surface area contributed by atoms with E-state index >= 15 is 0 Å². The van der Waals surface area contributed by atoms with Gasteiger partial charge in [-0.15, -0.1) is 0 Å². The number of halogens is 3. The molecule has 2 rings (SSSR count). The normalized spacial score (nSPS) is 20.7. The Kier molecular flexibility index (Phi) is 5.57. The molecule has 136 valence electrons. The number of aromatic nitrogens is 2. The van der Waals surface area contributed by atoms with Crippen molar-refractivity contribution in [3.8, 4) is 0 Å². The van der Waals surface area contributed by atoms with E-state index in [4.69, 9.17) is 0 Å². The second kappa shape index (κ2) is 7.13. The smallest absolute Gasteiger partial charge is 0.339 e. The van der Waals surface area contributed by atoms with Gasteiger partial charge in [0.15, 0.2) is 0 Å². The number of piperidine rings is 1. The van der Waals surface area contributed by atoms with Crippen LogP contribution in [-0.2, 0) is 0 Å². The first-order valence-corrected chi connectivity index (χ1v) is 8.20. The first kappa shape index (κ1) is 18.8. The third kappa shape index (κ3) is 5.22. The number of alkyl halides is 3. The maximum Gasteiger partial charge on any atom is 0.408 e. The van der Waals surface area contributed by atoms with Crippen LogP contribution in [0, 0.1) is 5.41 Å². The number of nitrogens with zero attached hydrogens (tertiary/aromatic N) is 2. The lowest BCUT2D eigenvalue weighted by Gasteiger charge is -2.28. The van der Waals surface area contributed by atoms with E-state index < -0.39 is 23.5 Å². The highest BCUT2D eigenvalue weighted by atomic mass is 19.4. The zero-order valence-corrected chi connectivity index (χ0v) is 14.3. The highest BCUT2D eigenvalue weighted by Gasteiger charge is 2.43. The number of carbonyl (C=O) groups is 1. The van der Waals surface area contributed by atoms with Crippen LogP contribution in [0.3, 0.4) is 0 Å². The van der Waals surface area contributed by atoms with Gasteiger partial charge < -0.3 is 10.6 Å². The van der Waals surface area contributed by atoms with Crippen molar-refractivity contribution in [2.75, 3.05) is 13.1 Å². The van der Waals surface area contributed by atoms with Crippen molar-refractivity contribution in [1.29, 1.82) is 0 Å². The molecule has 24 heavy (non-hydrogen) atoms. The summed E-state index contributed by atoms with van der Waals surface area (Å²) in [6, 6.07) is -0.283. The molecule has 1 saturated heterocycles. The van der Waals surface area contributed by atoms with E-state index in [2.05, 4.69) is 15.7 Å². The Hall–Kier alpha value is -1.57. The standard InChI is InChI=1S/C16H25F3N4O/c1-15(2,3)9-13(16(17,18)19)21-14(24)12-6-8-23(22-12)11-5-4-7-20-10-11/h6,8,11,13,20H,4-5,7,9-10H2,1-3H3,(H,21,24). The Labute approximate surface area is 140 Å². The zero-order valence-electron chi connectivity index (χ0n) is 14.3. The van der Waals surface area contributed by atoms with Gasteiger partial charge in [-0.2, -0.15) is 18.3 Å². The van der Waals surface area contributed by atoms with Crippen molar-refractivity contribution in [3.63, 3.8) is 0 Å². The van der Waals surface area contributed by atoms with Gasteiger partial charge in [0.2, 0.25) is 0 Å². The number of carbonyl (C=O) groups excluding carboxylic acids is 1. The molecule has 1 aliphatic heterocycles. The van der Waals surface area contributed by atoms with E-state index in [1.54, 1.807) is 31.6 Å². The molecule has 0 radical (unpaired) electrons. The topological polar surface area (TPSA) is 59.0 Å². The molecule has 0 bridgehead atoms. The lowest BCUT2D eigenvalue weighted by Crippen LogP contribution is -2.47. The van der Waals surface area contributed by atoms with Crippen molar-refractivity contribution >= 4 is 5.91 Å². The maximum absolute atomic E-state index is 13.2. The average Bonchev–Trinajstić information content (AvgIpc) is 2.95. The molecule has 2 atom stereocenters. The van der Waals surface area contributed by atoms with E-state index in [1.165, 1.54) is 6.07 Å². The van der Waals surface area contributed by atoms with Gasteiger partial charge in [0.1, 0.15) is 11.7 Å². The fourth-order valence-corrected chi connectivity index (χ4v) is 2.81. The zero-order chi connectivity index (χ0) is 18.0. The summed E-state index contributed by atoms with van der Waals surface area (Å²) in [7, 11) is 0. The first-order chi connectivity index (χ1) is 11.1. The fraction of sp³-hybridized carbons (Fsp3) is 0.750. The predicted molar refractivity (Wildman–Crippen MR) is 84.7 cm³/mol. The molecular formula is C16H25F3N4O. The van der Waals surface area contributed by atoms with Crippen molar-refractivity contribution in [2.24, 2.45) is 5.41 Å². The third-order valence-corrected chi connectivity index (χ3v) is 4.00. The minimum absolute atomic E-state index is 0.0173. The molecule has 5 nitrogen and oxygen atoms in total. The van der Waals surface area contributed by atoms with Crippen LogP contribution in [0.5, 0.6) is 0 Å². The van der Waals surface area contributed by atoms with Crippen LogP contribution in [0.1, 0.15) is 56.6 Å². The van der Waals surface area contributed by atoms with Crippen molar-refractivity contribution in [2.45, 2.75) is 58.3 Å². The molecule has 1 fully saturated rings. The summed E-state index contributed by atoms with van der Waals surface area (Å²) in [5.74, 6) is -0.788. The van der Waals surface area contributed by atoms with Crippen LogP contribution in [0.25, 0.3) is 0 Å². The van der Waals surface area contributed by atoms with Gasteiger partial charge in [-0.1, -0.05) is 20.8 Å². The molecule has 2 N–H and O–H groups in total. The molecule has 1 amide bonds. The van der Waals surface area contributed by atoms with Gasteiger partial charge in [0.05, 0.1) is 6.04 Å². The monoisotopic (exact) mass is 346 g/mol. The lowest BCUT2D eigenvalue weighted by atomic mass is 9.88. The van der Waals surface area contributed by atoms with Crippen molar-refractivity contribution in [3.05, 3.63) is 18.0 Å². The van der Waals surface area contributed by atoms with Gasteiger partial charge in [0.25, 0.3) is 5.91 Å². The quantitative estimate of drug-likeness (QED) is 0.881.